The zero-order valence-corrected chi connectivity index (χ0v) is 14.3. The second kappa shape index (κ2) is 8.26. The van der Waals surface area contributed by atoms with Crippen LogP contribution in [0.15, 0.2) is 24.4 Å². The van der Waals surface area contributed by atoms with E-state index in [0.717, 1.165) is 5.69 Å². The summed E-state index contributed by atoms with van der Waals surface area (Å²) in [6.45, 7) is 3.77. The van der Waals surface area contributed by atoms with Crippen LogP contribution in [0.25, 0.3) is 0 Å². The summed E-state index contributed by atoms with van der Waals surface area (Å²) in [7, 11) is -2.93. The van der Waals surface area contributed by atoms with E-state index in [2.05, 4.69) is 15.2 Å². The SMILES string of the molecule is CS(=O)(=O)CCN1CCN(C(=O)NCCc2ccccn2)CC1. The number of carbonyl (C=O) groups excluding carboxylic acids is 1. The van der Waals surface area contributed by atoms with Crippen LogP contribution in [-0.2, 0) is 16.3 Å². The summed E-state index contributed by atoms with van der Waals surface area (Å²) in [5.41, 5.74) is 0.957. The Morgan fingerprint density at radius 3 is 2.61 bits per heavy atom. The molecule has 1 aromatic rings. The van der Waals surface area contributed by atoms with Crippen molar-refractivity contribution in [3.05, 3.63) is 30.1 Å². The second-order valence-electron chi connectivity index (χ2n) is 5.76. The van der Waals surface area contributed by atoms with Gasteiger partial charge in [0.25, 0.3) is 0 Å². The van der Waals surface area contributed by atoms with Gasteiger partial charge < -0.3 is 10.2 Å². The molecule has 0 spiro atoms. The highest BCUT2D eigenvalue weighted by molar-refractivity contribution is 7.90. The van der Waals surface area contributed by atoms with Crippen molar-refractivity contribution in [1.29, 1.82) is 0 Å². The number of nitrogens with zero attached hydrogens (tertiary/aromatic N) is 3. The highest BCUT2D eigenvalue weighted by Gasteiger charge is 2.21. The number of piperazine rings is 1. The number of sulfone groups is 1. The summed E-state index contributed by atoms with van der Waals surface area (Å²) in [6, 6.07) is 5.67. The van der Waals surface area contributed by atoms with Crippen LogP contribution in [0.2, 0.25) is 0 Å². The predicted molar refractivity (Wildman–Crippen MR) is 89.1 cm³/mol. The maximum absolute atomic E-state index is 12.1. The molecule has 1 aromatic heterocycles. The lowest BCUT2D eigenvalue weighted by Crippen LogP contribution is -2.52. The molecule has 2 amide bonds. The van der Waals surface area contributed by atoms with Gasteiger partial charge in [0.15, 0.2) is 0 Å². The van der Waals surface area contributed by atoms with Crippen LogP contribution in [0.1, 0.15) is 5.69 Å². The van der Waals surface area contributed by atoms with E-state index in [0.29, 0.717) is 45.7 Å². The van der Waals surface area contributed by atoms with E-state index in [1.165, 1.54) is 6.26 Å². The molecule has 128 valence electrons. The van der Waals surface area contributed by atoms with Crippen LogP contribution in [0.4, 0.5) is 4.79 Å². The van der Waals surface area contributed by atoms with Gasteiger partial charge in [-0.15, -0.1) is 0 Å². The van der Waals surface area contributed by atoms with Crippen molar-refractivity contribution in [2.45, 2.75) is 6.42 Å². The topological polar surface area (TPSA) is 82.6 Å². The van der Waals surface area contributed by atoms with Crippen LogP contribution in [0.5, 0.6) is 0 Å². The molecule has 0 aromatic carbocycles. The molecule has 1 N–H and O–H groups in total. The molecule has 2 heterocycles. The summed E-state index contributed by atoms with van der Waals surface area (Å²) in [6.07, 6.45) is 3.70. The van der Waals surface area contributed by atoms with E-state index < -0.39 is 9.84 Å². The molecule has 0 bridgehead atoms. The summed E-state index contributed by atoms with van der Waals surface area (Å²) in [5.74, 6) is 0.170. The van der Waals surface area contributed by atoms with Gasteiger partial charge in [-0.2, -0.15) is 0 Å². The zero-order chi connectivity index (χ0) is 16.7. The second-order valence-corrected chi connectivity index (χ2v) is 8.02. The van der Waals surface area contributed by atoms with Gasteiger partial charge in [0.2, 0.25) is 0 Å². The van der Waals surface area contributed by atoms with Gasteiger partial charge in [0, 0.05) is 63.8 Å². The zero-order valence-electron chi connectivity index (χ0n) is 13.4. The number of urea groups is 1. The van der Waals surface area contributed by atoms with E-state index >= 15 is 0 Å². The van der Waals surface area contributed by atoms with Gasteiger partial charge >= 0.3 is 6.03 Å². The Morgan fingerprint density at radius 2 is 2.00 bits per heavy atom. The minimum atomic E-state index is -2.93. The Labute approximate surface area is 137 Å². The molecule has 8 heteroatoms. The van der Waals surface area contributed by atoms with Crippen molar-refractivity contribution >= 4 is 15.9 Å². The molecule has 1 saturated heterocycles. The van der Waals surface area contributed by atoms with Gasteiger partial charge in [-0.05, 0) is 12.1 Å². The number of aromatic nitrogens is 1. The third-order valence-corrected chi connectivity index (χ3v) is 4.75. The Hall–Kier alpha value is -1.67. The van der Waals surface area contributed by atoms with E-state index in [4.69, 9.17) is 0 Å². The summed E-state index contributed by atoms with van der Waals surface area (Å²) in [5, 5.41) is 2.90. The first-order valence-corrected chi connectivity index (χ1v) is 9.83. The molecular formula is C15H24N4O3S. The van der Waals surface area contributed by atoms with Crippen molar-refractivity contribution in [3.8, 4) is 0 Å². The average molecular weight is 340 g/mol. The molecule has 1 aliphatic rings. The van der Waals surface area contributed by atoms with E-state index in [-0.39, 0.29) is 11.8 Å². The number of hydrogen-bond donors (Lipinski definition) is 1. The van der Waals surface area contributed by atoms with Gasteiger partial charge in [-0.1, -0.05) is 6.07 Å². The third-order valence-electron chi connectivity index (χ3n) is 3.82. The van der Waals surface area contributed by atoms with Crippen molar-refractivity contribution in [1.82, 2.24) is 20.1 Å². The number of nitrogens with one attached hydrogen (secondary N) is 1. The van der Waals surface area contributed by atoms with Crippen molar-refractivity contribution in [2.75, 3.05) is 51.3 Å². The number of hydrogen-bond acceptors (Lipinski definition) is 5. The quantitative estimate of drug-likeness (QED) is 0.788. The summed E-state index contributed by atoms with van der Waals surface area (Å²) < 4.78 is 22.4. The standard InChI is InChI=1S/C15H24N4O3S/c1-23(21,22)13-12-18-8-10-19(11-9-18)15(20)17-7-5-14-4-2-3-6-16-14/h2-4,6H,5,7-13H2,1H3,(H,17,20). The molecule has 2 rings (SSSR count). The minimum Gasteiger partial charge on any atom is -0.338 e. The lowest BCUT2D eigenvalue weighted by Gasteiger charge is -2.34. The molecule has 0 atom stereocenters. The molecular weight excluding hydrogens is 316 g/mol. The van der Waals surface area contributed by atoms with Gasteiger partial charge in [-0.3, -0.25) is 9.88 Å². The number of rotatable bonds is 6. The van der Waals surface area contributed by atoms with Gasteiger partial charge in [0.1, 0.15) is 9.84 Å². The molecule has 0 saturated carbocycles. The maximum atomic E-state index is 12.1. The molecule has 0 aliphatic carbocycles. The molecule has 0 radical (unpaired) electrons. The third kappa shape index (κ3) is 6.54. The summed E-state index contributed by atoms with van der Waals surface area (Å²) >= 11 is 0. The van der Waals surface area contributed by atoms with Crippen molar-refractivity contribution < 1.29 is 13.2 Å². The lowest BCUT2D eigenvalue weighted by molar-refractivity contribution is 0.143. The molecule has 23 heavy (non-hydrogen) atoms. The monoisotopic (exact) mass is 340 g/mol. The molecule has 1 aliphatic heterocycles. The lowest BCUT2D eigenvalue weighted by atomic mass is 10.3. The highest BCUT2D eigenvalue weighted by Crippen LogP contribution is 2.03. The van der Waals surface area contributed by atoms with Crippen LogP contribution in [0.3, 0.4) is 0 Å². The largest absolute Gasteiger partial charge is 0.338 e. The van der Waals surface area contributed by atoms with Crippen LogP contribution < -0.4 is 5.32 Å². The van der Waals surface area contributed by atoms with Crippen LogP contribution in [-0.4, -0.2) is 80.5 Å². The number of amides is 2. The number of pyridine rings is 1. The van der Waals surface area contributed by atoms with Crippen LogP contribution in [0, 0.1) is 0 Å². The van der Waals surface area contributed by atoms with E-state index in [9.17, 15) is 13.2 Å². The minimum absolute atomic E-state index is 0.0660. The fourth-order valence-corrected chi connectivity index (χ4v) is 3.01. The molecule has 1 fully saturated rings. The molecule has 0 unspecified atom stereocenters. The Morgan fingerprint density at radius 1 is 1.26 bits per heavy atom. The first-order chi connectivity index (χ1) is 10.9. The number of carbonyl (C=O) groups is 1. The smallest absolute Gasteiger partial charge is 0.317 e. The van der Waals surface area contributed by atoms with Crippen molar-refractivity contribution in [3.63, 3.8) is 0 Å². The van der Waals surface area contributed by atoms with Crippen LogP contribution >= 0.6 is 0 Å². The Bertz CT molecular complexity index is 598. The predicted octanol–water partition coefficient (Wildman–Crippen LogP) is -0.00410. The van der Waals surface area contributed by atoms with E-state index in [1.54, 1.807) is 11.1 Å². The van der Waals surface area contributed by atoms with Crippen molar-refractivity contribution in [2.24, 2.45) is 0 Å². The maximum Gasteiger partial charge on any atom is 0.317 e. The molecule has 7 nitrogen and oxygen atoms in total. The normalized spacial score (nSPS) is 16.3. The first-order valence-electron chi connectivity index (χ1n) is 7.77. The summed E-state index contributed by atoms with van der Waals surface area (Å²) in [4.78, 5) is 20.2. The first kappa shape index (κ1) is 17.7. The Kier molecular flexibility index (Phi) is 6.35. The Balaban J connectivity index is 1.65. The fraction of sp³-hybridized carbons (Fsp3) is 0.600. The average Bonchev–Trinajstić information content (AvgIpc) is 2.54. The highest BCUT2D eigenvalue weighted by atomic mass is 32.2. The van der Waals surface area contributed by atoms with E-state index in [1.807, 2.05) is 18.2 Å². The van der Waals surface area contributed by atoms with Gasteiger partial charge in [-0.25, -0.2) is 13.2 Å². The fourth-order valence-electron chi connectivity index (χ4n) is 2.42. The van der Waals surface area contributed by atoms with Gasteiger partial charge in [0.05, 0.1) is 5.75 Å².